The monoisotopic (exact) mass is 306 g/mol. The molecule has 0 bridgehead atoms. The Hall–Kier alpha value is -2.18. The van der Waals surface area contributed by atoms with Crippen LogP contribution in [-0.2, 0) is 16.1 Å². The molecular formula is C16H22N2O4. The second kappa shape index (κ2) is 8.96. The molecule has 1 rings (SSSR count). The van der Waals surface area contributed by atoms with Crippen molar-refractivity contribution in [2.24, 2.45) is 5.92 Å². The Balaban J connectivity index is 2.62. The first kappa shape index (κ1) is 17.9. The lowest BCUT2D eigenvalue weighted by atomic mass is 9.99. The van der Waals surface area contributed by atoms with Crippen molar-refractivity contribution in [1.82, 2.24) is 10.8 Å². The highest BCUT2D eigenvalue weighted by atomic mass is 16.5. The first-order valence-electron chi connectivity index (χ1n) is 7.15. The van der Waals surface area contributed by atoms with Gasteiger partial charge in [0.15, 0.2) is 0 Å². The van der Waals surface area contributed by atoms with Gasteiger partial charge >= 0.3 is 5.97 Å². The van der Waals surface area contributed by atoms with Crippen molar-refractivity contribution in [3.05, 3.63) is 41.5 Å². The van der Waals surface area contributed by atoms with Crippen molar-refractivity contribution >= 4 is 18.0 Å². The molecule has 0 fully saturated rings. The number of benzene rings is 1. The minimum atomic E-state index is -0.844. The van der Waals surface area contributed by atoms with Gasteiger partial charge in [0, 0.05) is 12.6 Å². The Kier molecular flexibility index (Phi) is 7.28. The van der Waals surface area contributed by atoms with E-state index in [0.29, 0.717) is 6.54 Å². The molecular weight excluding hydrogens is 284 g/mol. The van der Waals surface area contributed by atoms with Crippen LogP contribution in [0.25, 0.3) is 6.08 Å². The first-order valence-corrected chi connectivity index (χ1v) is 7.15. The molecule has 0 spiro atoms. The van der Waals surface area contributed by atoms with Gasteiger partial charge in [-0.3, -0.25) is 14.8 Å². The predicted octanol–water partition coefficient (Wildman–Crippen LogP) is 1.79. The smallest absolute Gasteiger partial charge is 0.320 e. The Morgan fingerprint density at radius 1 is 1.27 bits per heavy atom. The van der Waals surface area contributed by atoms with Gasteiger partial charge in [-0.15, -0.1) is 0 Å². The van der Waals surface area contributed by atoms with Crippen LogP contribution in [-0.4, -0.2) is 28.2 Å². The van der Waals surface area contributed by atoms with Crippen molar-refractivity contribution in [3.8, 4) is 0 Å². The summed E-state index contributed by atoms with van der Waals surface area (Å²) in [6.07, 6.45) is 3.58. The zero-order valence-corrected chi connectivity index (χ0v) is 12.7. The van der Waals surface area contributed by atoms with Gasteiger partial charge in [0.1, 0.15) is 6.04 Å². The normalized spacial score (nSPS) is 13.8. The summed E-state index contributed by atoms with van der Waals surface area (Å²) in [6.45, 7) is 4.33. The van der Waals surface area contributed by atoms with Crippen molar-refractivity contribution in [2.75, 3.05) is 0 Å². The minimum absolute atomic E-state index is 0.0525. The van der Waals surface area contributed by atoms with Crippen LogP contribution in [0.15, 0.2) is 30.3 Å². The van der Waals surface area contributed by atoms with Crippen LogP contribution in [0.3, 0.4) is 0 Å². The number of aliphatic carboxylic acids is 1. The lowest BCUT2D eigenvalue weighted by Gasteiger charge is -2.20. The predicted molar refractivity (Wildman–Crippen MR) is 83.1 cm³/mol. The molecule has 0 aliphatic heterocycles. The fraction of sp³-hybridized carbons (Fsp3) is 0.375. The molecule has 6 nitrogen and oxygen atoms in total. The van der Waals surface area contributed by atoms with Gasteiger partial charge in [0.2, 0.25) is 0 Å². The average Bonchev–Trinajstić information content (AvgIpc) is 2.53. The number of carboxylic acids is 1. The fourth-order valence-corrected chi connectivity index (χ4v) is 1.95. The maximum atomic E-state index is 11.2. The van der Waals surface area contributed by atoms with E-state index in [0.717, 1.165) is 17.5 Å². The summed E-state index contributed by atoms with van der Waals surface area (Å²) >= 11 is 0. The summed E-state index contributed by atoms with van der Waals surface area (Å²) in [5.41, 5.74) is 3.28. The van der Waals surface area contributed by atoms with E-state index in [1.165, 1.54) is 11.6 Å². The Morgan fingerprint density at radius 2 is 1.91 bits per heavy atom. The molecule has 0 aliphatic rings. The summed E-state index contributed by atoms with van der Waals surface area (Å²) in [6, 6.07) is 6.78. The van der Waals surface area contributed by atoms with Gasteiger partial charge in [0.25, 0.3) is 5.91 Å². The third-order valence-corrected chi connectivity index (χ3v) is 3.52. The highest BCUT2D eigenvalue weighted by Crippen LogP contribution is 2.10. The van der Waals surface area contributed by atoms with Crippen LogP contribution < -0.4 is 10.8 Å². The SMILES string of the molecule is CCC(C)[C@H](NCc1ccc(/C=C/C(=O)NO)cc1)C(=O)O. The van der Waals surface area contributed by atoms with Gasteiger partial charge in [-0.05, 0) is 23.1 Å². The van der Waals surface area contributed by atoms with Crippen molar-refractivity contribution < 1.29 is 19.9 Å². The summed E-state index contributed by atoms with van der Waals surface area (Å²) < 4.78 is 0. The van der Waals surface area contributed by atoms with E-state index in [1.807, 2.05) is 38.1 Å². The van der Waals surface area contributed by atoms with E-state index >= 15 is 0 Å². The van der Waals surface area contributed by atoms with Crippen molar-refractivity contribution in [1.29, 1.82) is 0 Å². The Morgan fingerprint density at radius 3 is 2.41 bits per heavy atom. The van der Waals surface area contributed by atoms with Crippen molar-refractivity contribution in [3.63, 3.8) is 0 Å². The Labute approximate surface area is 129 Å². The van der Waals surface area contributed by atoms with Gasteiger partial charge in [0.05, 0.1) is 0 Å². The standard InChI is InChI=1S/C16H22N2O4/c1-3-11(2)15(16(20)21)17-10-13-6-4-12(5-7-13)8-9-14(19)18-22/h4-9,11,15,17,22H,3,10H2,1-2H3,(H,18,19)(H,20,21)/b9-8+/t11?,15-/m0/s1. The molecule has 2 atom stereocenters. The number of hydrogen-bond acceptors (Lipinski definition) is 4. The summed E-state index contributed by atoms with van der Waals surface area (Å²) in [4.78, 5) is 22.1. The number of carbonyl (C=O) groups excluding carboxylic acids is 1. The summed E-state index contributed by atoms with van der Waals surface area (Å²) in [5, 5.41) is 20.6. The van der Waals surface area contributed by atoms with Crippen LogP contribution in [0.1, 0.15) is 31.4 Å². The second-order valence-corrected chi connectivity index (χ2v) is 5.13. The maximum Gasteiger partial charge on any atom is 0.320 e. The van der Waals surface area contributed by atoms with E-state index in [4.69, 9.17) is 5.21 Å². The molecule has 0 heterocycles. The Bertz CT molecular complexity index is 525. The second-order valence-electron chi connectivity index (χ2n) is 5.13. The summed E-state index contributed by atoms with van der Waals surface area (Å²) in [5.74, 6) is -1.38. The molecule has 1 unspecified atom stereocenters. The van der Waals surface area contributed by atoms with Gasteiger partial charge < -0.3 is 10.4 Å². The molecule has 4 N–H and O–H groups in total. The molecule has 0 aromatic heterocycles. The molecule has 6 heteroatoms. The molecule has 1 amide bonds. The molecule has 1 aromatic rings. The van der Waals surface area contributed by atoms with E-state index in [9.17, 15) is 14.7 Å². The molecule has 0 radical (unpaired) electrons. The number of hydroxylamine groups is 1. The number of carbonyl (C=O) groups is 2. The number of nitrogens with one attached hydrogen (secondary N) is 2. The lowest BCUT2D eigenvalue weighted by molar-refractivity contribution is -0.140. The van der Waals surface area contributed by atoms with E-state index < -0.39 is 17.9 Å². The third-order valence-electron chi connectivity index (χ3n) is 3.52. The van der Waals surface area contributed by atoms with Crippen molar-refractivity contribution in [2.45, 2.75) is 32.9 Å². The largest absolute Gasteiger partial charge is 0.480 e. The highest BCUT2D eigenvalue weighted by molar-refractivity contribution is 5.90. The lowest BCUT2D eigenvalue weighted by Crippen LogP contribution is -2.41. The first-order chi connectivity index (χ1) is 10.5. The van der Waals surface area contributed by atoms with Crippen LogP contribution in [0.5, 0.6) is 0 Å². The minimum Gasteiger partial charge on any atom is -0.480 e. The molecule has 0 saturated heterocycles. The molecule has 22 heavy (non-hydrogen) atoms. The van der Waals surface area contributed by atoms with Gasteiger partial charge in [-0.2, -0.15) is 0 Å². The maximum absolute atomic E-state index is 11.2. The van der Waals surface area contributed by atoms with Crippen LogP contribution in [0.4, 0.5) is 0 Å². The third kappa shape index (κ3) is 5.67. The van der Waals surface area contributed by atoms with E-state index in [-0.39, 0.29) is 5.92 Å². The van der Waals surface area contributed by atoms with Crippen LogP contribution in [0, 0.1) is 5.92 Å². The molecule has 0 saturated carbocycles. The summed E-state index contributed by atoms with van der Waals surface area (Å²) in [7, 11) is 0. The number of hydrogen-bond donors (Lipinski definition) is 4. The average molecular weight is 306 g/mol. The van der Waals surface area contributed by atoms with E-state index in [1.54, 1.807) is 6.08 Å². The highest BCUT2D eigenvalue weighted by Gasteiger charge is 2.22. The van der Waals surface area contributed by atoms with E-state index in [2.05, 4.69) is 5.32 Å². The molecule has 0 aliphatic carbocycles. The van der Waals surface area contributed by atoms with Crippen LogP contribution in [0.2, 0.25) is 0 Å². The quantitative estimate of drug-likeness (QED) is 0.333. The zero-order valence-electron chi connectivity index (χ0n) is 12.7. The number of amides is 1. The van der Waals surface area contributed by atoms with Crippen LogP contribution >= 0.6 is 0 Å². The molecule has 120 valence electrons. The molecule has 1 aromatic carbocycles. The van der Waals surface area contributed by atoms with Gasteiger partial charge in [-0.25, -0.2) is 5.48 Å². The topological polar surface area (TPSA) is 98.7 Å². The number of carboxylic acid groups (broad SMARTS) is 1. The fourth-order valence-electron chi connectivity index (χ4n) is 1.95. The number of rotatable bonds is 8. The van der Waals surface area contributed by atoms with Gasteiger partial charge in [-0.1, -0.05) is 44.5 Å². The zero-order chi connectivity index (χ0) is 16.5.